The molecule has 0 bridgehead atoms. The number of halogens is 2. The number of benzene rings is 1. The van der Waals surface area contributed by atoms with Crippen molar-refractivity contribution in [2.75, 3.05) is 19.5 Å². The summed E-state index contributed by atoms with van der Waals surface area (Å²) in [5.41, 5.74) is 4.33. The highest BCUT2D eigenvalue weighted by Crippen LogP contribution is 2.29. The van der Waals surface area contributed by atoms with Crippen molar-refractivity contribution in [3.63, 3.8) is 0 Å². The highest BCUT2D eigenvalue weighted by atomic mass is 19.3. The van der Waals surface area contributed by atoms with Crippen molar-refractivity contribution in [3.05, 3.63) is 56.2 Å². The molecule has 10 nitrogen and oxygen atoms in total. The predicted molar refractivity (Wildman–Crippen MR) is 119 cm³/mol. The molecule has 0 radical (unpaired) electrons. The van der Waals surface area contributed by atoms with E-state index in [0.717, 1.165) is 15.2 Å². The van der Waals surface area contributed by atoms with E-state index in [9.17, 15) is 28.0 Å². The second-order valence-electron chi connectivity index (χ2n) is 7.56. The Kier molecular flexibility index (Phi) is 8.70. The largest absolute Gasteiger partial charge is 0.493 e. The fourth-order valence-corrected chi connectivity index (χ4v) is 2.99. The van der Waals surface area contributed by atoms with Crippen molar-refractivity contribution in [1.82, 2.24) is 9.13 Å². The molecule has 12 heteroatoms. The van der Waals surface area contributed by atoms with Crippen LogP contribution in [0.2, 0.25) is 0 Å². The second-order valence-corrected chi connectivity index (χ2v) is 7.56. The molecule has 184 valence electrons. The molecule has 2 aromatic rings. The van der Waals surface area contributed by atoms with E-state index >= 15 is 0 Å². The number of alkyl halides is 2. The summed E-state index contributed by atoms with van der Waals surface area (Å²) in [6.07, 6.45) is 2.30. The summed E-state index contributed by atoms with van der Waals surface area (Å²) in [6, 6.07) is 4.00. The molecule has 0 atom stereocenters. The van der Waals surface area contributed by atoms with Crippen LogP contribution in [-0.4, -0.2) is 41.2 Å². The summed E-state index contributed by atoms with van der Waals surface area (Å²) in [5.74, 6) is -2.22. The molecule has 0 amide bonds. The normalized spacial score (nSPS) is 11.3. The maximum absolute atomic E-state index is 12.6. The van der Waals surface area contributed by atoms with E-state index in [-0.39, 0.29) is 29.8 Å². The van der Waals surface area contributed by atoms with Gasteiger partial charge in [0, 0.05) is 19.7 Å². The van der Waals surface area contributed by atoms with Crippen LogP contribution in [0.4, 0.5) is 14.6 Å². The quantitative estimate of drug-likeness (QED) is 0.309. The number of rotatable bonds is 10. The molecule has 1 aromatic carbocycles. The summed E-state index contributed by atoms with van der Waals surface area (Å²) >= 11 is 0. The fourth-order valence-electron chi connectivity index (χ4n) is 2.99. The van der Waals surface area contributed by atoms with E-state index in [1.165, 1.54) is 38.4 Å². The van der Waals surface area contributed by atoms with Gasteiger partial charge in [0.1, 0.15) is 11.4 Å². The summed E-state index contributed by atoms with van der Waals surface area (Å²) in [7, 11) is 2.49. The van der Waals surface area contributed by atoms with Crippen LogP contribution in [0.5, 0.6) is 11.5 Å². The van der Waals surface area contributed by atoms with Crippen LogP contribution in [0.15, 0.2) is 33.9 Å². The minimum absolute atomic E-state index is 0.0121. The number of aromatic nitrogens is 2. The maximum atomic E-state index is 12.6. The highest BCUT2D eigenvalue weighted by Gasteiger charge is 2.22. The molecule has 0 fully saturated rings. The van der Waals surface area contributed by atoms with Gasteiger partial charge in [-0.05, 0) is 29.7 Å². The Morgan fingerprint density at radius 1 is 1.18 bits per heavy atom. The average Bonchev–Trinajstić information content (AvgIpc) is 2.78. The molecular formula is C22H25F2N3O7. The number of nitrogen functional groups attached to an aromatic ring is 1. The Labute approximate surface area is 193 Å². The lowest BCUT2D eigenvalue weighted by Crippen LogP contribution is -2.43. The first kappa shape index (κ1) is 26.3. The zero-order valence-electron chi connectivity index (χ0n) is 19.0. The molecule has 1 heterocycles. The van der Waals surface area contributed by atoms with Gasteiger partial charge in [0.2, 0.25) is 5.78 Å². The minimum Gasteiger partial charge on any atom is -0.493 e. The van der Waals surface area contributed by atoms with Crippen molar-refractivity contribution < 1.29 is 32.6 Å². The monoisotopic (exact) mass is 481 g/mol. The van der Waals surface area contributed by atoms with Crippen molar-refractivity contribution in [3.8, 4) is 11.5 Å². The number of Topliss-reactive ketones (excluding diaryl/α,β-unsaturated/α-hetero) is 1. The number of nitrogens with zero attached hydrogens (tertiary/aromatic N) is 2. The van der Waals surface area contributed by atoms with E-state index in [1.54, 1.807) is 0 Å². The fraction of sp³-hybridized carbons (Fsp3) is 0.364. The van der Waals surface area contributed by atoms with Crippen molar-refractivity contribution in [2.45, 2.75) is 27.0 Å². The van der Waals surface area contributed by atoms with Gasteiger partial charge < -0.3 is 19.9 Å². The topological polar surface area (TPSA) is 132 Å². The van der Waals surface area contributed by atoms with Crippen LogP contribution in [0, 0.1) is 5.92 Å². The standard InChI is InChI=1S/C22H25F2N3O7/c1-12(2)10-27-19(25)18(20(30)26(3)22(27)31)14(28)11-33-17(29)8-6-13-5-7-15(34-21(23)24)16(9-13)32-4/h5-9,12,21H,10-11,25H2,1-4H3. The molecule has 0 spiro atoms. The summed E-state index contributed by atoms with van der Waals surface area (Å²) < 4.78 is 40.9. The summed E-state index contributed by atoms with van der Waals surface area (Å²) in [6.45, 7) is 0.0424. The number of carbonyl (C=O) groups is 2. The molecular weight excluding hydrogens is 456 g/mol. The van der Waals surface area contributed by atoms with Crippen LogP contribution in [-0.2, 0) is 23.1 Å². The maximum Gasteiger partial charge on any atom is 0.387 e. The molecule has 34 heavy (non-hydrogen) atoms. The Bertz CT molecular complexity index is 1220. The van der Waals surface area contributed by atoms with Gasteiger partial charge in [-0.15, -0.1) is 0 Å². The van der Waals surface area contributed by atoms with Crippen LogP contribution in [0.3, 0.4) is 0 Å². The Hall–Kier alpha value is -3.96. The third-order valence-electron chi connectivity index (χ3n) is 4.57. The van der Waals surface area contributed by atoms with Crippen molar-refractivity contribution in [2.24, 2.45) is 13.0 Å². The second kappa shape index (κ2) is 11.3. The molecule has 1 aromatic heterocycles. The van der Waals surface area contributed by atoms with Gasteiger partial charge in [0.05, 0.1) is 7.11 Å². The van der Waals surface area contributed by atoms with Crippen LogP contribution in [0.1, 0.15) is 29.8 Å². The lowest BCUT2D eigenvalue weighted by atomic mass is 10.1. The molecule has 0 saturated carbocycles. The molecule has 0 saturated heterocycles. The first-order valence-electron chi connectivity index (χ1n) is 10.1. The average molecular weight is 481 g/mol. The Balaban J connectivity index is 2.15. The number of anilines is 1. The third kappa shape index (κ3) is 6.30. The van der Waals surface area contributed by atoms with Crippen molar-refractivity contribution in [1.29, 1.82) is 0 Å². The smallest absolute Gasteiger partial charge is 0.387 e. The Morgan fingerprint density at radius 3 is 2.44 bits per heavy atom. The lowest BCUT2D eigenvalue weighted by Gasteiger charge is -2.16. The van der Waals surface area contributed by atoms with Gasteiger partial charge in [0.25, 0.3) is 5.56 Å². The van der Waals surface area contributed by atoms with Gasteiger partial charge >= 0.3 is 18.3 Å². The van der Waals surface area contributed by atoms with Crippen LogP contribution >= 0.6 is 0 Å². The Morgan fingerprint density at radius 2 is 1.85 bits per heavy atom. The van der Waals surface area contributed by atoms with Gasteiger partial charge in [-0.2, -0.15) is 8.78 Å². The number of carbonyl (C=O) groups excluding carboxylic acids is 2. The number of ketones is 1. The number of ether oxygens (including phenoxy) is 3. The highest BCUT2D eigenvalue weighted by molar-refractivity contribution is 6.02. The molecule has 0 aliphatic heterocycles. The lowest BCUT2D eigenvalue weighted by molar-refractivity contribution is -0.136. The molecule has 2 rings (SSSR count). The minimum atomic E-state index is -3.03. The molecule has 0 unspecified atom stereocenters. The molecule has 0 aliphatic rings. The summed E-state index contributed by atoms with van der Waals surface area (Å²) in [5, 5.41) is 0. The van der Waals surface area contributed by atoms with Crippen LogP contribution < -0.4 is 26.5 Å². The number of esters is 1. The number of methoxy groups -OCH3 is 1. The summed E-state index contributed by atoms with van der Waals surface area (Å²) in [4.78, 5) is 49.3. The first-order valence-corrected chi connectivity index (χ1v) is 10.1. The van der Waals surface area contributed by atoms with E-state index in [1.807, 2.05) is 13.8 Å². The molecule has 0 aliphatic carbocycles. The van der Waals surface area contributed by atoms with E-state index < -0.39 is 41.8 Å². The SMILES string of the molecule is COc1cc(C=CC(=O)OCC(=O)c2c(N)n(CC(C)C)c(=O)n(C)c2=O)ccc1OC(F)F. The van der Waals surface area contributed by atoms with E-state index in [2.05, 4.69) is 4.74 Å². The van der Waals surface area contributed by atoms with Gasteiger partial charge in [0.15, 0.2) is 18.1 Å². The zero-order valence-corrected chi connectivity index (χ0v) is 19.0. The van der Waals surface area contributed by atoms with Gasteiger partial charge in [-0.3, -0.25) is 18.7 Å². The number of hydrogen-bond donors (Lipinski definition) is 1. The van der Waals surface area contributed by atoms with E-state index in [4.69, 9.17) is 15.2 Å². The number of nitrogens with two attached hydrogens (primary N) is 1. The third-order valence-corrected chi connectivity index (χ3v) is 4.57. The molecule has 2 N–H and O–H groups in total. The van der Waals surface area contributed by atoms with Gasteiger partial charge in [-0.25, -0.2) is 9.59 Å². The van der Waals surface area contributed by atoms with Crippen molar-refractivity contribution >= 4 is 23.6 Å². The zero-order chi connectivity index (χ0) is 25.6. The van der Waals surface area contributed by atoms with E-state index in [0.29, 0.717) is 5.56 Å². The predicted octanol–water partition coefficient (Wildman–Crippen LogP) is 1.83. The first-order chi connectivity index (χ1) is 16.0. The number of hydrogen-bond acceptors (Lipinski definition) is 8. The van der Waals surface area contributed by atoms with Gasteiger partial charge in [-0.1, -0.05) is 19.9 Å². The van der Waals surface area contributed by atoms with Crippen LogP contribution in [0.25, 0.3) is 6.08 Å².